The number of benzene rings is 1. The second-order valence-electron chi connectivity index (χ2n) is 5.06. The lowest BCUT2D eigenvalue weighted by Gasteiger charge is -2.18. The van der Waals surface area contributed by atoms with E-state index < -0.39 is 10.0 Å². The summed E-state index contributed by atoms with van der Waals surface area (Å²) in [4.78, 5) is 11.9. The van der Waals surface area contributed by atoms with Gasteiger partial charge >= 0.3 is 0 Å². The predicted molar refractivity (Wildman–Crippen MR) is 81.1 cm³/mol. The first-order valence-corrected chi connectivity index (χ1v) is 8.85. The van der Waals surface area contributed by atoms with E-state index in [1.54, 1.807) is 12.1 Å². The molecule has 7 nitrogen and oxygen atoms in total. The van der Waals surface area contributed by atoms with Gasteiger partial charge in [0.1, 0.15) is 0 Å². The first-order chi connectivity index (χ1) is 10.4. The Balaban J connectivity index is 1.89. The number of hydrogen-bond donors (Lipinski definition) is 1. The van der Waals surface area contributed by atoms with Gasteiger partial charge in [-0.25, -0.2) is 8.42 Å². The zero-order chi connectivity index (χ0) is 16.2. The van der Waals surface area contributed by atoms with E-state index in [0.717, 1.165) is 11.8 Å². The van der Waals surface area contributed by atoms with E-state index in [2.05, 4.69) is 5.32 Å². The van der Waals surface area contributed by atoms with Gasteiger partial charge in [-0.05, 0) is 24.1 Å². The second-order valence-corrected chi connectivity index (χ2v) is 7.04. The first kappa shape index (κ1) is 16.6. The summed E-state index contributed by atoms with van der Waals surface area (Å²) in [5.74, 6) is 0.994. The lowest BCUT2D eigenvalue weighted by Crippen LogP contribution is -2.40. The van der Waals surface area contributed by atoms with Crippen molar-refractivity contribution >= 4 is 15.9 Å². The molecule has 0 aromatic heterocycles. The molecule has 1 amide bonds. The Bertz CT molecular complexity index is 645. The van der Waals surface area contributed by atoms with Crippen molar-refractivity contribution in [1.29, 1.82) is 0 Å². The Morgan fingerprint density at radius 3 is 2.73 bits per heavy atom. The van der Waals surface area contributed by atoms with Crippen LogP contribution in [0.2, 0.25) is 0 Å². The molecule has 0 atom stereocenters. The van der Waals surface area contributed by atoms with Crippen LogP contribution in [0.15, 0.2) is 18.2 Å². The van der Waals surface area contributed by atoms with E-state index in [0.29, 0.717) is 31.0 Å². The molecule has 1 N–H and O–H groups in total. The van der Waals surface area contributed by atoms with Gasteiger partial charge in [0.15, 0.2) is 11.5 Å². The zero-order valence-electron chi connectivity index (χ0n) is 12.7. The van der Waals surface area contributed by atoms with Crippen molar-refractivity contribution in [2.75, 3.05) is 26.1 Å². The standard InChI is InChI=1S/C14H20N2O5S/c1-3-6-16(22(2,18)19)9-14(17)15-8-11-4-5-12-13(7-11)21-10-20-12/h4-5,7H,3,6,8-10H2,1-2H3,(H,15,17). The van der Waals surface area contributed by atoms with Crippen molar-refractivity contribution in [3.8, 4) is 11.5 Å². The number of nitrogens with one attached hydrogen (secondary N) is 1. The highest BCUT2D eigenvalue weighted by atomic mass is 32.2. The van der Waals surface area contributed by atoms with Crippen molar-refractivity contribution in [2.24, 2.45) is 0 Å². The molecule has 2 rings (SSSR count). The van der Waals surface area contributed by atoms with Gasteiger partial charge in [-0.1, -0.05) is 13.0 Å². The molecular formula is C14H20N2O5S. The quantitative estimate of drug-likeness (QED) is 0.796. The molecule has 0 spiro atoms. The maximum atomic E-state index is 11.9. The van der Waals surface area contributed by atoms with Crippen LogP contribution in [-0.2, 0) is 21.4 Å². The Morgan fingerprint density at radius 1 is 1.32 bits per heavy atom. The van der Waals surface area contributed by atoms with Crippen LogP contribution in [0.1, 0.15) is 18.9 Å². The number of ether oxygens (including phenoxy) is 2. The summed E-state index contributed by atoms with van der Waals surface area (Å²) in [5.41, 5.74) is 0.860. The van der Waals surface area contributed by atoms with Crippen LogP contribution in [0.25, 0.3) is 0 Å². The number of rotatable bonds is 7. The monoisotopic (exact) mass is 328 g/mol. The molecule has 0 fully saturated rings. The van der Waals surface area contributed by atoms with Crippen LogP contribution in [0.5, 0.6) is 11.5 Å². The summed E-state index contributed by atoms with van der Waals surface area (Å²) in [6.45, 7) is 2.53. The molecule has 0 aliphatic carbocycles. The van der Waals surface area contributed by atoms with Crippen LogP contribution in [0.4, 0.5) is 0 Å². The average Bonchev–Trinajstić information content (AvgIpc) is 2.91. The van der Waals surface area contributed by atoms with E-state index in [1.807, 2.05) is 13.0 Å². The average molecular weight is 328 g/mol. The van der Waals surface area contributed by atoms with Crippen LogP contribution in [0.3, 0.4) is 0 Å². The van der Waals surface area contributed by atoms with Gasteiger partial charge in [0.2, 0.25) is 22.7 Å². The molecular weight excluding hydrogens is 308 g/mol. The molecule has 0 saturated carbocycles. The molecule has 1 aliphatic heterocycles. The van der Waals surface area contributed by atoms with Gasteiger partial charge in [0.25, 0.3) is 0 Å². The Kier molecular flexibility index (Phi) is 5.25. The third-order valence-corrected chi connectivity index (χ3v) is 4.44. The first-order valence-electron chi connectivity index (χ1n) is 7.00. The highest BCUT2D eigenvalue weighted by Crippen LogP contribution is 2.32. The van der Waals surface area contributed by atoms with Crippen LogP contribution >= 0.6 is 0 Å². The van der Waals surface area contributed by atoms with Crippen molar-refractivity contribution < 1.29 is 22.7 Å². The van der Waals surface area contributed by atoms with E-state index >= 15 is 0 Å². The van der Waals surface area contributed by atoms with E-state index in [4.69, 9.17) is 9.47 Å². The molecule has 1 aliphatic rings. The summed E-state index contributed by atoms with van der Waals surface area (Å²) < 4.78 is 34.8. The van der Waals surface area contributed by atoms with Crippen LogP contribution in [0, 0.1) is 0 Å². The molecule has 1 aromatic rings. The van der Waals surface area contributed by atoms with Gasteiger partial charge in [-0.3, -0.25) is 4.79 Å². The Hall–Kier alpha value is -1.80. The van der Waals surface area contributed by atoms with Crippen molar-refractivity contribution in [3.63, 3.8) is 0 Å². The summed E-state index contributed by atoms with van der Waals surface area (Å²) >= 11 is 0. The summed E-state index contributed by atoms with van der Waals surface area (Å²) in [5, 5.41) is 2.71. The van der Waals surface area contributed by atoms with Crippen LogP contribution < -0.4 is 14.8 Å². The van der Waals surface area contributed by atoms with E-state index in [1.165, 1.54) is 4.31 Å². The largest absolute Gasteiger partial charge is 0.454 e. The fraction of sp³-hybridized carbons (Fsp3) is 0.500. The van der Waals surface area contributed by atoms with Gasteiger partial charge in [-0.2, -0.15) is 4.31 Å². The van der Waals surface area contributed by atoms with Gasteiger partial charge in [-0.15, -0.1) is 0 Å². The normalized spacial score (nSPS) is 13.4. The summed E-state index contributed by atoms with van der Waals surface area (Å²) in [7, 11) is -3.38. The highest BCUT2D eigenvalue weighted by Gasteiger charge is 2.19. The topological polar surface area (TPSA) is 84.9 Å². The summed E-state index contributed by atoms with van der Waals surface area (Å²) in [6.07, 6.45) is 1.76. The van der Waals surface area contributed by atoms with Crippen molar-refractivity contribution in [3.05, 3.63) is 23.8 Å². The molecule has 1 heterocycles. The maximum Gasteiger partial charge on any atom is 0.235 e. The number of carbonyl (C=O) groups excluding carboxylic acids is 1. The summed E-state index contributed by atoms with van der Waals surface area (Å²) in [6, 6.07) is 5.40. The lowest BCUT2D eigenvalue weighted by molar-refractivity contribution is -0.121. The second kappa shape index (κ2) is 6.97. The maximum absolute atomic E-state index is 11.9. The zero-order valence-corrected chi connectivity index (χ0v) is 13.5. The third-order valence-electron chi connectivity index (χ3n) is 3.19. The SMILES string of the molecule is CCCN(CC(=O)NCc1ccc2c(c1)OCO2)S(C)(=O)=O. The van der Waals surface area contributed by atoms with E-state index in [-0.39, 0.29) is 19.2 Å². The fourth-order valence-electron chi connectivity index (χ4n) is 2.08. The minimum absolute atomic E-state index is 0.169. The minimum atomic E-state index is -3.38. The molecule has 1 aromatic carbocycles. The van der Waals surface area contributed by atoms with Gasteiger partial charge in [0.05, 0.1) is 12.8 Å². The van der Waals surface area contributed by atoms with Crippen molar-refractivity contribution in [1.82, 2.24) is 9.62 Å². The Labute approximate surface area is 130 Å². The molecule has 8 heteroatoms. The fourth-order valence-corrected chi connectivity index (χ4v) is 2.95. The van der Waals surface area contributed by atoms with Gasteiger partial charge < -0.3 is 14.8 Å². The molecule has 0 saturated heterocycles. The highest BCUT2D eigenvalue weighted by molar-refractivity contribution is 7.88. The number of nitrogens with zero attached hydrogens (tertiary/aromatic N) is 1. The molecule has 22 heavy (non-hydrogen) atoms. The minimum Gasteiger partial charge on any atom is -0.454 e. The number of amides is 1. The van der Waals surface area contributed by atoms with E-state index in [9.17, 15) is 13.2 Å². The predicted octanol–water partition coefficient (Wildman–Crippen LogP) is 0.703. The number of sulfonamides is 1. The molecule has 0 radical (unpaired) electrons. The number of carbonyl (C=O) groups is 1. The van der Waals surface area contributed by atoms with Gasteiger partial charge in [0, 0.05) is 13.1 Å². The number of fused-ring (bicyclic) bond motifs is 1. The molecule has 0 unspecified atom stereocenters. The smallest absolute Gasteiger partial charge is 0.235 e. The molecule has 122 valence electrons. The number of hydrogen-bond acceptors (Lipinski definition) is 5. The van der Waals surface area contributed by atoms with Crippen molar-refractivity contribution in [2.45, 2.75) is 19.9 Å². The third kappa shape index (κ3) is 4.35. The Morgan fingerprint density at radius 2 is 2.05 bits per heavy atom. The van der Waals surface area contributed by atoms with Crippen LogP contribution in [-0.4, -0.2) is 44.8 Å². The lowest BCUT2D eigenvalue weighted by atomic mass is 10.2. The molecule has 0 bridgehead atoms.